The van der Waals surface area contributed by atoms with Crippen LogP contribution in [-0.4, -0.2) is 21.4 Å². The lowest BCUT2D eigenvalue weighted by molar-refractivity contribution is 0.102. The number of amides is 1. The van der Waals surface area contributed by atoms with E-state index in [1.54, 1.807) is 24.3 Å². The van der Waals surface area contributed by atoms with Gasteiger partial charge in [-0.1, -0.05) is 12.1 Å². The summed E-state index contributed by atoms with van der Waals surface area (Å²) >= 11 is 0. The molecule has 3 aromatic rings. The Kier molecular flexibility index (Phi) is 5.84. The fraction of sp³-hybridized carbons (Fsp3) is 0.0952. The number of ether oxygens (including phenoxy) is 1. The molecule has 0 aliphatic heterocycles. The first-order valence-electron chi connectivity index (χ1n) is 8.63. The third kappa shape index (κ3) is 4.72. The van der Waals surface area contributed by atoms with Crippen LogP contribution < -0.4 is 14.8 Å². The van der Waals surface area contributed by atoms with Gasteiger partial charge in [-0.25, -0.2) is 12.8 Å². The number of hydrogen-bond acceptors (Lipinski definition) is 4. The maximum absolute atomic E-state index is 13.2. The molecule has 0 unspecified atom stereocenters. The molecular weight excluding hydrogens is 395 g/mol. The van der Waals surface area contributed by atoms with E-state index in [0.29, 0.717) is 22.6 Å². The van der Waals surface area contributed by atoms with Crippen molar-refractivity contribution < 1.29 is 22.3 Å². The van der Waals surface area contributed by atoms with Gasteiger partial charge in [-0.3, -0.25) is 9.52 Å². The minimum Gasteiger partial charge on any atom is -0.495 e. The number of benzene rings is 3. The molecule has 6 nitrogen and oxygen atoms in total. The van der Waals surface area contributed by atoms with Crippen molar-refractivity contribution in [1.82, 2.24) is 0 Å². The van der Waals surface area contributed by atoms with Gasteiger partial charge in [0, 0.05) is 11.3 Å². The van der Waals surface area contributed by atoms with E-state index in [9.17, 15) is 17.6 Å². The molecule has 0 heterocycles. The van der Waals surface area contributed by atoms with Gasteiger partial charge in [0.2, 0.25) is 0 Å². The van der Waals surface area contributed by atoms with Crippen molar-refractivity contribution in [2.75, 3.05) is 17.1 Å². The molecule has 0 spiro atoms. The Hall–Kier alpha value is -3.39. The lowest BCUT2D eigenvalue weighted by atomic mass is 10.2. The Morgan fingerprint density at radius 1 is 1.00 bits per heavy atom. The van der Waals surface area contributed by atoms with Crippen molar-refractivity contribution in [2.45, 2.75) is 11.8 Å². The molecule has 0 saturated carbocycles. The average molecular weight is 414 g/mol. The monoisotopic (exact) mass is 414 g/mol. The second kappa shape index (κ2) is 8.32. The number of anilines is 2. The van der Waals surface area contributed by atoms with Gasteiger partial charge in [-0.05, 0) is 67.1 Å². The van der Waals surface area contributed by atoms with Gasteiger partial charge >= 0.3 is 0 Å². The maximum Gasteiger partial charge on any atom is 0.262 e. The highest BCUT2D eigenvalue weighted by atomic mass is 32.2. The molecule has 0 fully saturated rings. The molecule has 0 saturated heterocycles. The molecular formula is C21H19FN2O4S. The van der Waals surface area contributed by atoms with Crippen LogP contribution in [0.4, 0.5) is 15.8 Å². The number of aryl methyl sites for hydroxylation is 1. The molecule has 1 amide bonds. The van der Waals surface area contributed by atoms with Crippen LogP contribution >= 0.6 is 0 Å². The van der Waals surface area contributed by atoms with Crippen molar-refractivity contribution in [3.8, 4) is 5.75 Å². The quantitative estimate of drug-likeness (QED) is 0.633. The summed E-state index contributed by atoms with van der Waals surface area (Å²) in [5.74, 6) is -0.343. The maximum atomic E-state index is 13.2. The van der Waals surface area contributed by atoms with E-state index in [1.807, 2.05) is 0 Å². The Balaban J connectivity index is 1.75. The number of sulfonamides is 1. The van der Waals surface area contributed by atoms with Crippen LogP contribution in [0.15, 0.2) is 71.6 Å². The fourth-order valence-corrected chi connectivity index (χ4v) is 4.04. The summed E-state index contributed by atoms with van der Waals surface area (Å²) in [5.41, 5.74) is 1.45. The molecule has 29 heavy (non-hydrogen) atoms. The van der Waals surface area contributed by atoms with Crippen LogP contribution in [0.3, 0.4) is 0 Å². The fourth-order valence-electron chi connectivity index (χ4n) is 2.76. The van der Waals surface area contributed by atoms with Crippen LogP contribution in [0.1, 0.15) is 15.9 Å². The summed E-state index contributed by atoms with van der Waals surface area (Å²) < 4.78 is 45.9. The van der Waals surface area contributed by atoms with E-state index in [0.717, 1.165) is 12.1 Å². The Morgan fingerprint density at radius 3 is 2.34 bits per heavy atom. The highest BCUT2D eigenvalue weighted by Crippen LogP contribution is 2.24. The van der Waals surface area contributed by atoms with Gasteiger partial charge in [-0.15, -0.1) is 0 Å². The van der Waals surface area contributed by atoms with Gasteiger partial charge in [0.05, 0.1) is 17.7 Å². The number of carbonyl (C=O) groups is 1. The summed E-state index contributed by atoms with van der Waals surface area (Å²) in [6.07, 6.45) is 0. The molecule has 8 heteroatoms. The van der Waals surface area contributed by atoms with Gasteiger partial charge in [-0.2, -0.15) is 0 Å². The molecule has 0 aliphatic rings. The topological polar surface area (TPSA) is 84.5 Å². The van der Waals surface area contributed by atoms with Crippen molar-refractivity contribution >= 4 is 27.3 Å². The highest BCUT2D eigenvalue weighted by molar-refractivity contribution is 7.92. The summed E-state index contributed by atoms with van der Waals surface area (Å²) in [4.78, 5) is 12.4. The number of methoxy groups -OCH3 is 1. The predicted molar refractivity (Wildman–Crippen MR) is 109 cm³/mol. The zero-order valence-electron chi connectivity index (χ0n) is 15.8. The van der Waals surface area contributed by atoms with Gasteiger partial charge in [0.1, 0.15) is 11.6 Å². The van der Waals surface area contributed by atoms with E-state index in [2.05, 4.69) is 10.0 Å². The SMILES string of the molecule is COc1ccccc1NC(=O)c1ccc(NS(=O)(=O)c2ccc(F)cc2C)cc1. The van der Waals surface area contributed by atoms with Crippen molar-refractivity contribution in [2.24, 2.45) is 0 Å². The minimum absolute atomic E-state index is 0.0168. The normalized spacial score (nSPS) is 11.0. The van der Waals surface area contributed by atoms with E-state index in [-0.39, 0.29) is 16.5 Å². The smallest absolute Gasteiger partial charge is 0.262 e. The summed E-state index contributed by atoms with van der Waals surface area (Å²) in [6.45, 7) is 1.52. The number of halogens is 1. The van der Waals surface area contributed by atoms with Gasteiger partial charge in [0.15, 0.2) is 0 Å². The largest absolute Gasteiger partial charge is 0.495 e. The van der Waals surface area contributed by atoms with E-state index in [4.69, 9.17) is 4.74 Å². The summed E-state index contributed by atoms with van der Waals surface area (Å²) in [6, 6.07) is 16.4. The molecule has 3 rings (SSSR count). The zero-order valence-corrected chi connectivity index (χ0v) is 16.6. The Morgan fingerprint density at radius 2 is 1.69 bits per heavy atom. The van der Waals surface area contributed by atoms with Crippen LogP contribution in [-0.2, 0) is 10.0 Å². The average Bonchev–Trinajstić information content (AvgIpc) is 2.68. The van der Waals surface area contributed by atoms with Crippen molar-refractivity contribution in [3.63, 3.8) is 0 Å². The van der Waals surface area contributed by atoms with E-state index >= 15 is 0 Å². The zero-order chi connectivity index (χ0) is 21.0. The standard InChI is InChI=1S/C21H19FN2O4S/c1-14-13-16(22)9-12-20(14)29(26,27)24-17-10-7-15(8-11-17)21(25)23-18-5-3-4-6-19(18)28-2/h3-13,24H,1-2H3,(H,23,25). The number of carbonyl (C=O) groups excluding carboxylic acids is 1. The number of rotatable bonds is 6. The number of para-hydroxylation sites is 2. The van der Waals surface area contributed by atoms with Crippen LogP contribution in [0.25, 0.3) is 0 Å². The molecule has 2 N–H and O–H groups in total. The van der Waals surface area contributed by atoms with Crippen molar-refractivity contribution in [1.29, 1.82) is 0 Å². The lowest BCUT2D eigenvalue weighted by Crippen LogP contribution is -2.15. The second-order valence-electron chi connectivity index (χ2n) is 6.25. The third-order valence-electron chi connectivity index (χ3n) is 4.18. The lowest BCUT2D eigenvalue weighted by Gasteiger charge is -2.12. The molecule has 3 aromatic carbocycles. The molecule has 150 valence electrons. The summed E-state index contributed by atoms with van der Waals surface area (Å²) in [5, 5.41) is 2.75. The molecule has 0 bridgehead atoms. The molecule has 0 aromatic heterocycles. The van der Waals surface area contributed by atoms with E-state index < -0.39 is 15.8 Å². The summed E-state index contributed by atoms with van der Waals surface area (Å²) in [7, 11) is -2.38. The predicted octanol–water partition coefficient (Wildman–Crippen LogP) is 4.20. The first-order valence-corrected chi connectivity index (χ1v) is 10.1. The van der Waals surface area contributed by atoms with Crippen LogP contribution in [0.2, 0.25) is 0 Å². The van der Waals surface area contributed by atoms with Crippen molar-refractivity contribution in [3.05, 3.63) is 83.7 Å². The Bertz CT molecular complexity index is 1150. The van der Waals surface area contributed by atoms with Gasteiger partial charge in [0.25, 0.3) is 15.9 Å². The highest BCUT2D eigenvalue weighted by Gasteiger charge is 2.18. The first kappa shape index (κ1) is 20.3. The van der Waals surface area contributed by atoms with Crippen LogP contribution in [0.5, 0.6) is 5.75 Å². The third-order valence-corrected chi connectivity index (χ3v) is 5.72. The minimum atomic E-state index is -3.89. The molecule has 0 atom stereocenters. The molecule has 0 aliphatic carbocycles. The number of nitrogens with one attached hydrogen (secondary N) is 2. The number of hydrogen-bond donors (Lipinski definition) is 2. The Labute approximate surface area is 168 Å². The second-order valence-corrected chi connectivity index (χ2v) is 7.90. The van der Waals surface area contributed by atoms with Gasteiger partial charge < -0.3 is 10.1 Å². The van der Waals surface area contributed by atoms with Crippen LogP contribution in [0, 0.1) is 12.7 Å². The van der Waals surface area contributed by atoms with E-state index in [1.165, 1.54) is 44.4 Å². The molecule has 0 radical (unpaired) electrons. The first-order chi connectivity index (χ1) is 13.8.